The van der Waals surface area contributed by atoms with Crippen LogP contribution in [0.1, 0.15) is 74.9 Å². The van der Waals surface area contributed by atoms with Gasteiger partial charge >= 0.3 is 12.2 Å². The number of aryl methyl sites for hydroxylation is 1. The highest BCUT2D eigenvalue weighted by atomic mass is 32.1. The minimum Gasteiger partial charge on any atom is -0.444 e. The number of aliphatic hydroxyl groups is 1. The van der Waals surface area contributed by atoms with Gasteiger partial charge in [-0.1, -0.05) is 25.1 Å². The third kappa shape index (κ3) is 10.4. The quantitative estimate of drug-likeness (QED) is 0.119. The van der Waals surface area contributed by atoms with Crippen LogP contribution >= 0.6 is 11.3 Å². The zero-order valence-corrected chi connectivity index (χ0v) is 34.0. The maximum Gasteiger partial charge on any atom is 0.418 e. The summed E-state index contributed by atoms with van der Waals surface area (Å²) in [7, 11) is 2.96. The van der Waals surface area contributed by atoms with E-state index in [9.17, 15) is 23.9 Å². The van der Waals surface area contributed by atoms with Crippen molar-refractivity contribution < 1.29 is 42.3 Å². The van der Waals surface area contributed by atoms with Gasteiger partial charge in [0.25, 0.3) is 6.33 Å². The summed E-state index contributed by atoms with van der Waals surface area (Å²) in [4.78, 5) is 49.9. The SMILES string of the molecule is CC(OC(=O)N(C)c1ncccc1CCC(=O)CN(C)C(=O)OC(C)(C)C)[n+]1cnn(C[C@](O)(c2cc(F)ccc2F)[C@@H](C)c2nc(-c3ccc(C#N)cc3)cs2)c1. The molecular weight excluding hydrogens is 771 g/mol. The number of nitriles is 1. The average Bonchev–Trinajstić information content (AvgIpc) is 3.87. The zero-order valence-electron chi connectivity index (χ0n) is 33.2. The first-order valence-electron chi connectivity index (χ1n) is 18.3. The molecule has 0 aliphatic rings. The van der Waals surface area contributed by atoms with E-state index in [4.69, 9.17) is 19.7 Å². The maximum atomic E-state index is 15.4. The van der Waals surface area contributed by atoms with Crippen LogP contribution in [0.4, 0.5) is 24.2 Å². The molecule has 1 unspecified atom stereocenters. The highest BCUT2D eigenvalue weighted by Crippen LogP contribution is 2.41. The van der Waals surface area contributed by atoms with E-state index in [0.717, 1.165) is 23.8 Å². The minimum absolute atomic E-state index is 0.0749. The van der Waals surface area contributed by atoms with Gasteiger partial charge in [-0.25, -0.2) is 28.3 Å². The van der Waals surface area contributed by atoms with Crippen LogP contribution in [0.5, 0.6) is 0 Å². The Hall–Kier alpha value is -6.12. The van der Waals surface area contributed by atoms with Crippen LogP contribution in [-0.2, 0) is 32.8 Å². The fourth-order valence-corrected chi connectivity index (χ4v) is 6.97. The fourth-order valence-electron chi connectivity index (χ4n) is 6.00. The highest BCUT2D eigenvalue weighted by Gasteiger charge is 2.43. The highest BCUT2D eigenvalue weighted by molar-refractivity contribution is 7.10. The van der Waals surface area contributed by atoms with E-state index < -0.39 is 47.2 Å². The standard InChI is InChI=1S/C41H45F2N8O6S/c1-26(37-47-35(22-58-37)29-12-10-28(20-44)11-13-29)41(55,33-19-31(42)15-17-34(33)43)23-51-25-50(24-46-51)27(2)56-39(54)49(7)36-30(9-8-18-45-36)14-16-32(52)21-48(6)38(53)57-40(3,4)5/h8-13,15,17-19,22,24-27,55H,14,16,21,23H2,1-7H3/q+1/t26-,27?,41+/m0/s1. The normalized spacial score (nSPS) is 13.5. The number of benzene rings is 2. The summed E-state index contributed by atoms with van der Waals surface area (Å²) in [6.45, 7) is 7.98. The molecule has 0 bridgehead atoms. The summed E-state index contributed by atoms with van der Waals surface area (Å²) in [5, 5.41) is 28.1. The first-order valence-corrected chi connectivity index (χ1v) is 19.2. The predicted molar refractivity (Wildman–Crippen MR) is 209 cm³/mol. The first kappa shape index (κ1) is 43.0. The van der Waals surface area contributed by atoms with Crippen molar-refractivity contribution >= 4 is 35.1 Å². The number of rotatable bonds is 14. The molecule has 304 valence electrons. The average molecular weight is 816 g/mol. The van der Waals surface area contributed by atoms with Crippen LogP contribution in [0.25, 0.3) is 11.3 Å². The number of carbonyl (C=O) groups is 3. The number of nitrogens with zero attached hydrogens (tertiary/aromatic N) is 8. The summed E-state index contributed by atoms with van der Waals surface area (Å²) < 4.78 is 43.8. The van der Waals surface area contributed by atoms with Crippen LogP contribution in [0.2, 0.25) is 0 Å². The van der Waals surface area contributed by atoms with Gasteiger partial charge in [-0.05, 0) is 69.2 Å². The first-order chi connectivity index (χ1) is 27.4. The molecule has 58 heavy (non-hydrogen) atoms. The molecule has 2 amide bonds. The van der Waals surface area contributed by atoms with Crippen LogP contribution in [-0.4, -0.2) is 74.0 Å². The molecule has 1 N–H and O–H groups in total. The van der Waals surface area contributed by atoms with Crippen molar-refractivity contribution in [2.75, 3.05) is 25.5 Å². The van der Waals surface area contributed by atoms with E-state index in [-0.39, 0.29) is 43.1 Å². The number of pyridine rings is 1. The smallest absolute Gasteiger partial charge is 0.418 e. The number of hydrogen-bond acceptors (Lipinski definition) is 11. The molecule has 0 spiro atoms. The summed E-state index contributed by atoms with van der Waals surface area (Å²) in [5.41, 5.74) is -0.629. The van der Waals surface area contributed by atoms with E-state index in [1.807, 2.05) is 0 Å². The fraction of sp³-hybridized carbons (Fsp3) is 0.366. The molecule has 14 nitrogen and oxygen atoms in total. The monoisotopic (exact) mass is 815 g/mol. The van der Waals surface area contributed by atoms with Gasteiger partial charge in [0, 0.05) is 61.2 Å². The molecule has 0 radical (unpaired) electrons. The summed E-state index contributed by atoms with van der Waals surface area (Å²) in [6.07, 6.45) is 2.34. The molecule has 5 rings (SSSR count). The molecule has 3 atom stereocenters. The molecule has 0 aliphatic carbocycles. The number of thiazole rings is 1. The number of hydrogen-bond donors (Lipinski definition) is 1. The number of ketones is 1. The van der Waals surface area contributed by atoms with Crippen molar-refractivity contribution in [1.29, 1.82) is 5.26 Å². The number of anilines is 1. The Bertz CT molecular complexity index is 2300. The van der Waals surface area contributed by atoms with Crippen molar-refractivity contribution in [1.82, 2.24) is 24.6 Å². The Morgan fingerprint density at radius 3 is 2.48 bits per heavy atom. The molecule has 5 aromatic rings. The van der Waals surface area contributed by atoms with E-state index in [2.05, 4.69) is 16.2 Å². The Morgan fingerprint density at radius 1 is 1.07 bits per heavy atom. The lowest BCUT2D eigenvalue weighted by Crippen LogP contribution is -2.42. The van der Waals surface area contributed by atoms with Gasteiger partial charge in [-0.2, -0.15) is 9.83 Å². The van der Waals surface area contributed by atoms with Gasteiger partial charge in [-0.15, -0.1) is 16.0 Å². The number of aromatic nitrogens is 5. The van der Waals surface area contributed by atoms with Crippen molar-refractivity contribution in [3.63, 3.8) is 0 Å². The molecule has 3 aromatic heterocycles. The Kier molecular flexibility index (Phi) is 13.3. The number of carbonyl (C=O) groups excluding carboxylic acids is 3. The molecule has 0 saturated heterocycles. The number of Topliss-reactive ketones (excluding diaryl/α,β-unsaturated/α-hetero) is 1. The number of likely N-dealkylation sites (N-methyl/N-ethyl adjacent to an activating group) is 1. The van der Waals surface area contributed by atoms with E-state index in [0.29, 0.717) is 21.8 Å². The molecule has 17 heteroatoms. The van der Waals surface area contributed by atoms with Gasteiger partial charge in [0.15, 0.2) is 5.78 Å². The third-order valence-electron chi connectivity index (χ3n) is 9.26. The largest absolute Gasteiger partial charge is 0.444 e. The minimum atomic E-state index is -2.06. The van der Waals surface area contributed by atoms with E-state index in [1.54, 1.807) is 76.4 Å². The molecule has 0 aliphatic heterocycles. The maximum absolute atomic E-state index is 15.4. The van der Waals surface area contributed by atoms with Gasteiger partial charge in [0.05, 0.1) is 28.9 Å². The van der Waals surface area contributed by atoms with Crippen molar-refractivity contribution in [3.05, 3.63) is 112 Å². The van der Waals surface area contributed by atoms with E-state index in [1.165, 1.54) is 63.3 Å². The van der Waals surface area contributed by atoms with Crippen molar-refractivity contribution in [2.24, 2.45) is 0 Å². The van der Waals surface area contributed by atoms with Crippen LogP contribution < -0.4 is 9.47 Å². The van der Waals surface area contributed by atoms with Crippen LogP contribution in [0.3, 0.4) is 0 Å². The number of ether oxygens (including phenoxy) is 2. The van der Waals surface area contributed by atoms with Gasteiger partial charge in [0.2, 0.25) is 12.6 Å². The topological polar surface area (TPSA) is 168 Å². The summed E-state index contributed by atoms with van der Waals surface area (Å²) in [5.74, 6) is -2.37. The van der Waals surface area contributed by atoms with Crippen molar-refractivity contribution in [3.8, 4) is 17.3 Å². The van der Waals surface area contributed by atoms with Crippen molar-refractivity contribution in [2.45, 2.75) is 77.4 Å². The molecule has 0 fully saturated rings. The molecule has 3 heterocycles. The lowest BCUT2D eigenvalue weighted by Gasteiger charge is -2.32. The molecule has 0 saturated carbocycles. The summed E-state index contributed by atoms with van der Waals surface area (Å²) in [6, 6.07) is 15.2. The van der Waals surface area contributed by atoms with Crippen LogP contribution in [0.15, 0.2) is 78.8 Å². The van der Waals surface area contributed by atoms with Gasteiger partial charge in [-0.3, -0.25) is 9.69 Å². The number of halogens is 2. The zero-order chi connectivity index (χ0) is 42.4. The third-order valence-corrected chi connectivity index (χ3v) is 10.3. The number of amides is 2. The van der Waals surface area contributed by atoms with Gasteiger partial charge in [0.1, 0.15) is 35.2 Å². The van der Waals surface area contributed by atoms with E-state index >= 15 is 4.39 Å². The second-order valence-corrected chi connectivity index (χ2v) is 15.7. The lowest BCUT2D eigenvalue weighted by atomic mass is 9.82. The lowest BCUT2D eigenvalue weighted by molar-refractivity contribution is -0.753. The molecule has 2 aromatic carbocycles. The summed E-state index contributed by atoms with van der Waals surface area (Å²) >= 11 is 1.24. The Labute approximate surface area is 338 Å². The molecular formula is C41H45F2N8O6S+. The predicted octanol–water partition coefficient (Wildman–Crippen LogP) is 6.69. The second kappa shape index (κ2) is 18.0. The van der Waals surface area contributed by atoms with Gasteiger partial charge < -0.3 is 19.5 Å². The Morgan fingerprint density at radius 2 is 1.79 bits per heavy atom. The Balaban J connectivity index is 1.28. The van der Waals surface area contributed by atoms with Crippen LogP contribution in [0, 0.1) is 23.0 Å². The second-order valence-electron chi connectivity index (χ2n) is 14.8.